The van der Waals surface area contributed by atoms with Crippen molar-refractivity contribution in [1.82, 2.24) is 10.3 Å². The van der Waals surface area contributed by atoms with Crippen LogP contribution in [0.4, 0.5) is 5.69 Å². The minimum absolute atomic E-state index is 0.162. The molecular formula is C21H21N3O2. The number of nitrogens with one attached hydrogen (secondary N) is 2. The lowest BCUT2D eigenvalue weighted by Crippen LogP contribution is -2.18. The Morgan fingerprint density at radius 3 is 2.31 bits per heavy atom. The summed E-state index contributed by atoms with van der Waals surface area (Å²) in [6, 6.07) is 16.3. The fourth-order valence-corrected chi connectivity index (χ4v) is 2.73. The van der Waals surface area contributed by atoms with Crippen LogP contribution in [0.2, 0.25) is 0 Å². The highest BCUT2D eigenvalue weighted by molar-refractivity contribution is 6.12. The first-order valence-corrected chi connectivity index (χ1v) is 8.52. The first kappa shape index (κ1) is 17.6. The van der Waals surface area contributed by atoms with Gasteiger partial charge in [-0.05, 0) is 42.3 Å². The van der Waals surface area contributed by atoms with Crippen molar-refractivity contribution in [1.29, 1.82) is 0 Å². The first-order valence-electron chi connectivity index (χ1n) is 8.52. The quantitative estimate of drug-likeness (QED) is 0.750. The van der Waals surface area contributed by atoms with Gasteiger partial charge >= 0.3 is 0 Å². The second-order valence-electron chi connectivity index (χ2n) is 6.38. The summed E-state index contributed by atoms with van der Waals surface area (Å²) in [7, 11) is 1.58. The monoisotopic (exact) mass is 347 g/mol. The molecule has 26 heavy (non-hydrogen) atoms. The summed E-state index contributed by atoms with van der Waals surface area (Å²) in [6.45, 7) is 4.10. The van der Waals surface area contributed by atoms with E-state index in [9.17, 15) is 9.59 Å². The molecule has 0 saturated carbocycles. The third kappa shape index (κ3) is 3.57. The van der Waals surface area contributed by atoms with E-state index in [1.165, 1.54) is 0 Å². The highest BCUT2D eigenvalue weighted by Gasteiger charge is 2.15. The van der Waals surface area contributed by atoms with Crippen LogP contribution in [0.15, 0.2) is 54.6 Å². The number of carbonyl (C=O) groups is 2. The normalized spacial score (nSPS) is 10.8. The lowest BCUT2D eigenvalue weighted by molar-refractivity contribution is 0.0962. The van der Waals surface area contributed by atoms with Gasteiger partial charge in [-0.3, -0.25) is 14.6 Å². The standard InChI is InChI=1S/C21H21N3O2/c1-13(2)19-12-17(16-6-4-5-7-18(16)24-19)21(26)23-15-10-8-14(9-11-15)20(25)22-3/h4-13H,1-3H3,(H,22,25)(H,23,26). The number of amides is 2. The van der Waals surface area contributed by atoms with E-state index in [2.05, 4.69) is 29.5 Å². The SMILES string of the molecule is CNC(=O)c1ccc(NC(=O)c2cc(C(C)C)nc3ccccc23)cc1. The lowest BCUT2D eigenvalue weighted by atomic mass is 10.0. The third-order valence-corrected chi connectivity index (χ3v) is 4.20. The fraction of sp³-hybridized carbons (Fsp3) is 0.190. The van der Waals surface area contributed by atoms with Gasteiger partial charge in [-0.25, -0.2) is 0 Å². The molecule has 5 nitrogen and oxygen atoms in total. The van der Waals surface area contributed by atoms with Crippen molar-refractivity contribution < 1.29 is 9.59 Å². The molecule has 0 fully saturated rings. The molecule has 0 spiro atoms. The molecule has 2 aromatic carbocycles. The number of hydrogen-bond donors (Lipinski definition) is 2. The number of carbonyl (C=O) groups excluding carboxylic acids is 2. The summed E-state index contributed by atoms with van der Waals surface area (Å²) in [6.07, 6.45) is 0. The molecule has 3 aromatic rings. The molecule has 0 aliphatic carbocycles. The third-order valence-electron chi connectivity index (χ3n) is 4.20. The van der Waals surface area contributed by atoms with Gasteiger partial charge in [0.2, 0.25) is 0 Å². The second kappa shape index (κ2) is 7.35. The zero-order chi connectivity index (χ0) is 18.7. The predicted molar refractivity (Wildman–Crippen MR) is 104 cm³/mol. The second-order valence-corrected chi connectivity index (χ2v) is 6.38. The Balaban J connectivity index is 1.93. The Morgan fingerprint density at radius 1 is 0.962 bits per heavy atom. The van der Waals surface area contributed by atoms with Crippen LogP contribution in [0.1, 0.15) is 46.2 Å². The molecular weight excluding hydrogens is 326 g/mol. The number of benzene rings is 2. The Morgan fingerprint density at radius 2 is 1.65 bits per heavy atom. The summed E-state index contributed by atoms with van der Waals surface area (Å²) in [5.41, 5.74) is 3.45. The number of fused-ring (bicyclic) bond motifs is 1. The van der Waals surface area contributed by atoms with E-state index in [4.69, 9.17) is 0 Å². The topological polar surface area (TPSA) is 71.1 Å². The zero-order valence-corrected chi connectivity index (χ0v) is 15.0. The van der Waals surface area contributed by atoms with Crippen LogP contribution in [0.3, 0.4) is 0 Å². The largest absolute Gasteiger partial charge is 0.355 e. The molecule has 5 heteroatoms. The zero-order valence-electron chi connectivity index (χ0n) is 15.0. The summed E-state index contributed by atoms with van der Waals surface area (Å²) in [5.74, 6) is -0.138. The fourth-order valence-electron chi connectivity index (χ4n) is 2.73. The van der Waals surface area contributed by atoms with Crippen molar-refractivity contribution in [3.05, 3.63) is 71.4 Å². The van der Waals surface area contributed by atoms with Crippen LogP contribution in [-0.4, -0.2) is 23.8 Å². The highest BCUT2D eigenvalue weighted by atomic mass is 16.2. The van der Waals surface area contributed by atoms with Gasteiger partial charge in [-0.2, -0.15) is 0 Å². The number of hydrogen-bond acceptors (Lipinski definition) is 3. The van der Waals surface area contributed by atoms with Crippen molar-refractivity contribution in [2.75, 3.05) is 12.4 Å². The maximum atomic E-state index is 12.9. The number of aromatic nitrogens is 1. The van der Waals surface area contributed by atoms with E-state index in [-0.39, 0.29) is 17.7 Å². The van der Waals surface area contributed by atoms with Crippen molar-refractivity contribution >= 4 is 28.4 Å². The van der Waals surface area contributed by atoms with E-state index in [0.717, 1.165) is 16.6 Å². The molecule has 132 valence electrons. The van der Waals surface area contributed by atoms with Gasteiger partial charge in [0.1, 0.15) is 0 Å². The molecule has 0 radical (unpaired) electrons. The van der Waals surface area contributed by atoms with Gasteiger partial charge in [0, 0.05) is 29.4 Å². The maximum Gasteiger partial charge on any atom is 0.256 e. The van der Waals surface area contributed by atoms with Gasteiger partial charge in [0.05, 0.1) is 11.1 Å². The van der Waals surface area contributed by atoms with Crippen LogP contribution in [0, 0.1) is 0 Å². The number of nitrogens with zero attached hydrogens (tertiary/aromatic N) is 1. The molecule has 0 aliphatic rings. The van der Waals surface area contributed by atoms with E-state index < -0.39 is 0 Å². The van der Waals surface area contributed by atoms with Crippen LogP contribution in [-0.2, 0) is 0 Å². The molecule has 2 amide bonds. The Labute approximate surface area is 152 Å². The number of para-hydroxylation sites is 1. The molecule has 0 saturated heterocycles. The molecule has 1 aromatic heterocycles. The summed E-state index contributed by atoms with van der Waals surface area (Å²) >= 11 is 0. The highest BCUT2D eigenvalue weighted by Crippen LogP contribution is 2.23. The Hall–Kier alpha value is -3.21. The van der Waals surface area contributed by atoms with E-state index in [0.29, 0.717) is 16.8 Å². The van der Waals surface area contributed by atoms with Crippen molar-refractivity contribution in [3.8, 4) is 0 Å². The Kier molecular flexibility index (Phi) is 4.98. The van der Waals surface area contributed by atoms with E-state index in [1.807, 2.05) is 30.3 Å². The lowest BCUT2D eigenvalue weighted by Gasteiger charge is -2.12. The van der Waals surface area contributed by atoms with Crippen LogP contribution in [0.25, 0.3) is 10.9 Å². The van der Waals surface area contributed by atoms with Crippen LogP contribution in [0.5, 0.6) is 0 Å². The first-order chi connectivity index (χ1) is 12.5. The Bertz CT molecular complexity index is 963. The van der Waals surface area contributed by atoms with E-state index in [1.54, 1.807) is 31.3 Å². The van der Waals surface area contributed by atoms with Crippen molar-refractivity contribution in [2.24, 2.45) is 0 Å². The minimum atomic E-state index is -0.196. The van der Waals surface area contributed by atoms with Gasteiger partial charge in [0.25, 0.3) is 11.8 Å². The molecule has 1 heterocycles. The molecule has 3 rings (SSSR count). The van der Waals surface area contributed by atoms with Crippen molar-refractivity contribution in [3.63, 3.8) is 0 Å². The molecule has 2 N–H and O–H groups in total. The van der Waals surface area contributed by atoms with Gasteiger partial charge < -0.3 is 10.6 Å². The summed E-state index contributed by atoms with van der Waals surface area (Å²) in [4.78, 5) is 29.1. The number of pyridine rings is 1. The van der Waals surface area contributed by atoms with Crippen molar-refractivity contribution in [2.45, 2.75) is 19.8 Å². The van der Waals surface area contributed by atoms with Gasteiger partial charge in [-0.15, -0.1) is 0 Å². The van der Waals surface area contributed by atoms with Crippen LogP contribution < -0.4 is 10.6 Å². The maximum absolute atomic E-state index is 12.9. The van der Waals surface area contributed by atoms with Gasteiger partial charge in [-0.1, -0.05) is 32.0 Å². The smallest absolute Gasteiger partial charge is 0.256 e. The minimum Gasteiger partial charge on any atom is -0.355 e. The molecule has 0 atom stereocenters. The van der Waals surface area contributed by atoms with E-state index >= 15 is 0 Å². The van der Waals surface area contributed by atoms with Crippen LogP contribution >= 0.6 is 0 Å². The molecule has 0 aliphatic heterocycles. The average Bonchev–Trinajstić information content (AvgIpc) is 2.66. The van der Waals surface area contributed by atoms with Gasteiger partial charge in [0.15, 0.2) is 0 Å². The summed E-state index contributed by atoms with van der Waals surface area (Å²) in [5, 5.41) is 6.29. The number of anilines is 1. The molecule has 0 unspecified atom stereocenters. The summed E-state index contributed by atoms with van der Waals surface area (Å²) < 4.78 is 0. The predicted octanol–water partition coefficient (Wildman–Crippen LogP) is 3.97. The number of rotatable bonds is 4. The molecule has 0 bridgehead atoms. The average molecular weight is 347 g/mol.